The maximum atomic E-state index is 12.3. The van der Waals surface area contributed by atoms with Gasteiger partial charge in [-0.25, -0.2) is 0 Å². The fourth-order valence-electron chi connectivity index (χ4n) is 3.15. The van der Waals surface area contributed by atoms with Crippen molar-refractivity contribution < 1.29 is 4.79 Å². The van der Waals surface area contributed by atoms with E-state index in [0.717, 1.165) is 11.6 Å². The number of aromatic nitrogens is 1. The molecule has 0 saturated heterocycles. The van der Waals surface area contributed by atoms with Crippen molar-refractivity contribution in [2.75, 3.05) is 18.4 Å². The molecule has 0 radical (unpaired) electrons. The first-order valence-corrected chi connectivity index (χ1v) is 8.17. The summed E-state index contributed by atoms with van der Waals surface area (Å²) in [5, 5.41) is 3.54. The number of carbonyl (C=O) groups excluding carboxylic acids is 1. The molecule has 1 amide bonds. The Morgan fingerprint density at radius 1 is 1.38 bits per heavy atom. The van der Waals surface area contributed by atoms with Crippen LogP contribution in [-0.2, 0) is 0 Å². The summed E-state index contributed by atoms with van der Waals surface area (Å²) in [6.45, 7) is 7.65. The van der Waals surface area contributed by atoms with E-state index in [1.54, 1.807) is 11.1 Å². The minimum absolute atomic E-state index is 0.0113. The topological polar surface area (TPSA) is 45.2 Å². The highest BCUT2D eigenvalue weighted by atomic mass is 16.2. The SMILES string of the molecule is CCN(CC)C(=O)c1cc(NC(C)C2CCCC2)ccn1. The van der Waals surface area contributed by atoms with Crippen LogP contribution in [0.1, 0.15) is 56.9 Å². The van der Waals surface area contributed by atoms with E-state index in [9.17, 15) is 4.79 Å². The number of hydrogen-bond acceptors (Lipinski definition) is 3. The molecule has 0 spiro atoms. The summed E-state index contributed by atoms with van der Waals surface area (Å²) >= 11 is 0. The minimum Gasteiger partial charge on any atom is -0.382 e. The summed E-state index contributed by atoms with van der Waals surface area (Å²) in [5.74, 6) is 0.761. The quantitative estimate of drug-likeness (QED) is 0.871. The van der Waals surface area contributed by atoms with Crippen LogP contribution >= 0.6 is 0 Å². The van der Waals surface area contributed by atoms with E-state index in [-0.39, 0.29) is 5.91 Å². The first kappa shape index (κ1) is 15.8. The average molecular weight is 289 g/mol. The number of rotatable bonds is 6. The van der Waals surface area contributed by atoms with Crippen LogP contribution in [-0.4, -0.2) is 34.9 Å². The van der Waals surface area contributed by atoms with Gasteiger partial charge in [-0.15, -0.1) is 0 Å². The molecular weight excluding hydrogens is 262 g/mol. The Bertz CT molecular complexity index is 465. The molecule has 116 valence electrons. The van der Waals surface area contributed by atoms with Crippen molar-refractivity contribution in [1.82, 2.24) is 9.88 Å². The lowest BCUT2D eigenvalue weighted by Crippen LogP contribution is -2.31. The van der Waals surface area contributed by atoms with Crippen molar-refractivity contribution in [2.24, 2.45) is 5.92 Å². The summed E-state index contributed by atoms with van der Waals surface area (Å²) in [7, 11) is 0. The predicted octanol–water partition coefficient (Wildman–Crippen LogP) is 3.55. The van der Waals surface area contributed by atoms with E-state index in [1.165, 1.54) is 25.7 Å². The van der Waals surface area contributed by atoms with Gasteiger partial charge in [0.15, 0.2) is 0 Å². The number of nitrogens with one attached hydrogen (secondary N) is 1. The van der Waals surface area contributed by atoms with E-state index in [0.29, 0.717) is 24.8 Å². The van der Waals surface area contributed by atoms with Gasteiger partial charge in [0, 0.05) is 31.0 Å². The van der Waals surface area contributed by atoms with Crippen molar-refractivity contribution in [3.8, 4) is 0 Å². The first-order chi connectivity index (χ1) is 10.2. The zero-order valence-electron chi connectivity index (χ0n) is 13.4. The summed E-state index contributed by atoms with van der Waals surface area (Å²) < 4.78 is 0. The van der Waals surface area contributed by atoms with Gasteiger partial charge in [-0.05, 0) is 51.7 Å². The van der Waals surface area contributed by atoms with Crippen LogP contribution in [0.4, 0.5) is 5.69 Å². The Balaban J connectivity index is 2.04. The molecule has 1 aliphatic rings. The Morgan fingerprint density at radius 3 is 2.67 bits per heavy atom. The number of carbonyl (C=O) groups is 1. The molecule has 0 bridgehead atoms. The number of anilines is 1. The molecule has 1 N–H and O–H groups in total. The monoisotopic (exact) mass is 289 g/mol. The van der Waals surface area contributed by atoms with Gasteiger partial charge < -0.3 is 10.2 Å². The maximum Gasteiger partial charge on any atom is 0.272 e. The molecule has 0 aromatic carbocycles. The average Bonchev–Trinajstić information content (AvgIpc) is 3.03. The van der Waals surface area contributed by atoms with Crippen LogP contribution < -0.4 is 5.32 Å². The van der Waals surface area contributed by atoms with Crippen molar-refractivity contribution in [2.45, 2.75) is 52.5 Å². The van der Waals surface area contributed by atoms with Gasteiger partial charge >= 0.3 is 0 Å². The van der Waals surface area contributed by atoms with Crippen LogP contribution in [0.3, 0.4) is 0 Å². The molecule has 1 aliphatic carbocycles. The van der Waals surface area contributed by atoms with Crippen LogP contribution in [0, 0.1) is 5.92 Å². The van der Waals surface area contributed by atoms with Gasteiger partial charge in [0.05, 0.1) is 0 Å². The maximum absolute atomic E-state index is 12.3. The molecule has 21 heavy (non-hydrogen) atoms. The zero-order valence-corrected chi connectivity index (χ0v) is 13.4. The number of nitrogens with zero attached hydrogens (tertiary/aromatic N) is 2. The van der Waals surface area contributed by atoms with Crippen molar-refractivity contribution in [3.05, 3.63) is 24.0 Å². The largest absolute Gasteiger partial charge is 0.382 e. The first-order valence-electron chi connectivity index (χ1n) is 8.17. The lowest BCUT2D eigenvalue weighted by molar-refractivity contribution is 0.0767. The Morgan fingerprint density at radius 2 is 2.05 bits per heavy atom. The molecule has 1 heterocycles. The van der Waals surface area contributed by atoms with Gasteiger partial charge in [-0.1, -0.05) is 12.8 Å². The molecule has 1 aromatic rings. The smallest absolute Gasteiger partial charge is 0.272 e. The lowest BCUT2D eigenvalue weighted by atomic mass is 9.99. The summed E-state index contributed by atoms with van der Waals surface area (Å²) in [5.41, 5.74) is 1.53. The zero-order chi connectivity index (χ0) is 15.2. The van der Waals surface area contributed by atoms with Crippen LogP contribution in [0.25, 0.3) is 0 Å². The number of amides is 1. The van der Waals surface area contributed by atoms with Gasteiger partial charge in [0.25, 0.3) is 5.91 Å². The third-order valence-corrected chi connectivity index (χ3v) is 4.53. The fraction of sp³-hybridized carbons (Fsp3) is 0.647. The highest BCUT2D eigenvalue weighted by Gasteiger charge is 2.21. The second kappa shape index (κ2) is 7.43. The minimum atomic E-state index is 0.0113. The Hall–Kier alpha value is -1.58. The van der Waals surface area contributed by atoms with Crippen LogP contribution in [0.2, 0.25) is 0 Å². The molecule has 0 aliphatic heterocycles. The normalized spacial score (nSPS) is 16.7. The molecule has 4 heteroatoms. The van der Waals surface area contributed by atoms with Crippen molar-refractivity contribution in [3.63, 3.8) is 0 Å². The highest BCUT2D eigenvalue weighted by Crippen LogP contribution is 2.29. The second-order valence-corrected chi connectivity index (χ2v) is 5.88. The molecule has 1 atom stereocenters. The number of hydrogen-bond donors (Lipinski definition) is 1. The standard InChI is InChI=1S/C17H27N3O/c1-4-20(5-2)17(21)16-12-15(10-11-18-16)19-13(3)14-8-6-7-9-14/h10-14H,4-9H2,1-3H3,(H,18,19). The Kier molecular flexibility index (Phi) is 5.59. The third kappa shape index (κ3) is 3.96. The molecule has 1 unspecified atom stereocenters. The van der Waals surface area contributed by atoms with E-state index < -0.39 is 0 Å². The van der Waals surface area contributed by atoms with Gasteiger partial charge in [0.2, 0.25) is 0 Å². The summed E-state index contributed by atoms with van der Waals surface area (Å²) in [6.07, 6.45) is 7.03. The predicted molar refractivity (Wildman–Crippen MR) is 86.5 cm³/mol. The van der Waals surface area contributed by atoms with Crippen LogP contribution in [0.5, 0.6) is 0 Å². The van der Waals surface area contributed by atoms with Gasteiger partial charge in [0.1, 0.15) is 5.69 Å². The molecule has 2 rings (SSSR count). The molecule has 1 fully saturated rings. The van der Waals surface area contributed by atoms with Gasteiger partial charge in [-0.2, -0.15) is 0 Å². The van der Waals surface area contributed by atoms with E-state index in [4.69, 9.17) is 0 Å². The fourth-order valence-corrected chi connectivity index (χ4v) is 3.15. The van der Waals surface area contributed by atoms with Crippen molar-refractivity contribution >= 4 is 11.6 Å². The van der Waals surface area contributed by atoms with Crippen LogP contribution in [0.15, 0.2) is 18.3 Å². The molecular formula is C17H27N3O. The van der Waals surface area contributed by atoms with E-state index in [1.807, 2.05) is 26.0 Å². The second-order valence-electron chi connectivity index (χ2n) is 5.88. The number of pyridine rings is 1. The van der Waals surface area contributed by atoms with E-state index >= 15 is 0 Å². The van der Waals surface area contributed by atoms with Gasteiger partial charge in [-0.3, -0.25) is 9.78 Å². The van der Waals surface area contributed by atoms with Crippen molar-refractivity contribution in [1.29, 1.82) is 0 Å². The highest BCUT2D eigenvalue weighted by molar-refractivity contribution is 5.93. The summed E-state index contributed by atoms with van der Waals surface area (Å²) in [6, 6.07) is 4.28. The molecule has 1 saturated carbocycles. The molecule has 1 aromatic heterocycles. The Labute approximate surface area is 127 Å². The molecule has 4 nitrogen and oxygen atoms in total. The summed E-state index contributed by atoms with van der Waals surface area (Å²) in [4.78, 5) is 18.4. The van der Waals surface area contributed by atoms with E-state index in [2.05, 4.69) is 17.2 Å². The third-order valence-electron chi connectivity index (χ3n) is 4.53. The lowest BCUT2D eigenvalue weighted by Gasteiger charge is -2.22.